The highest BCUT2D eigenvalue weighted by atomic mass is 35.5. The van der Waals surface area contributed by atoms with Crippen molar-refractivity contribution in [2.75, 3.05) is 13.7 Å². The van der Waals surface area contributed by atoms with E-state index in [1.54, 1.807) is 24.3 Å². The van der Waals surface area contributed by atoms with Crippen LogP contribution in [0.4, 0.5) is 0 Å². The minimum atomic E-state index is -0.667. The molecule has 0 N–H and O–H groups in total. The van der Waals surface area contributed by atoms with Gasteiger partial charge in [0, 0.05) is 16.1 Å². The number of fused-ring (bicyclic) bond motifs is 1. The van der Waals surface area contributed by atoms with Gasteiger partial charge in [0.2, 0.25) is 0 Å². The molecule has 5 rings (SSSR count). The predicted molar refractivity (Wildman–Crippen MR) is 149 cm³/mol. The molecule has 2 fully saturated rings. The van der Waals surface area contributed by atoms with Gasteiger partial charge in [-0.15, -0.1) is 0 Å². The monoisotopic (exact) mass is 574 g/mol. The van der Waals surface area contributed by atoms with Gasteiger partial charge in [0.05, 0.1) is 24.5 Å². The summed E-state index contributed by atoms with van der Waals surface area (Å²) in [6.45, 7) is -0.540. The summed E-state index contributed by atoms with van der Waals surface area (Å²) in [5, 5.41) is 2.21. The number of ether oxygens (including phenoxy) is 2. The Kier molecular flexibility index (Phi) is 8.16. The summed E-state index contributed by atoms with van der Waals surface area (Å²) < 4.78 is 10.5. The minimum Gasteiger partial charge on any atom is -0.497 e. The molecule has 3 aromatic carbocycles. The minimum absolute atomic E-state index is 0.178. The molecule has 10 heteroatoms. The van der Waals surface area contributed by atoms with Crippen LogP contribution in [-0.2, 0) is 9.59 Å². The highest BCUT2D eigenvalue weighted by Gasteiger charge is 2.51. The predicted octanol–water partition coefficient (Wildman–Crippen LogP) is 4.98. The highest BCUT2D eigenvalue weighted by molar-refractivity contribution is 6.30. The second kappa shape index (κ2) is 11.9. The first-order valence-corrected chi connectivity index (χ1v) is 13.6. The Labute approximate surface area is 241 Å². The number of amides is 3. The van der Waals surface area contributed by atoms with Crippen LogP contribution >= 0.6 is 11.6 Å². The van der Waals surface area contributed by atoms with Gasteiger partial charge in [-0.1, -0.05) is 30.5 Å². The molecular weight excluding hydrogens is 548 g/mol. The summed E-state index contributed by atoms with van der Waals surface area (Å²) in [5.41, 5.74) is 0.676. The molecule has 2 atom stereocenters. The Morgan fingerprint density at radius 2 is 1.44 bits per heavy atom. The highest BCUT2D eigenvalue weighted by Crippen LogP contribution is 2.39. The van der Waals surface area contributed by atoms with E-state index in [0.29, 0.717) is 29.2 Å². The quantitative estimate of drug-likeness (QED) is 0.161. The lowest BCUT2D eigenvalue weighted by Crippen LogP contribution is -2.52. The van der Waals surface area contributed by atoms with Crippen LogP contribution in [0.5, 0.6) is 11.5 Å². The smallest absolute Gasteiger partial charge is 0.343 e. The maximum Gasteiger partial charge on any atom is 0.343 e. The maximum atomic E-state index is 13.6. The number of Topliss-reactive ketones (excluding diaryl/α,β-unsaturated/α-hetero) is 1. The molecule has 1 saturated carbocycles. The van der Waals surface area contributed by atoms with E-state index in [2.05, 4.69) is 0 Å². The summed E-state index contributed by atoms with van der Waals surface area (Å²) in [4.78, 5) is 66.1. The van der Waals surface area contributed by atoms with Crippen molar-refractivity contribution < 1.29 is 33.4 Å². The summed E-state index contributed by atoms with van der Waals surface area (Å²) in [5.74, 6) is -2.98. The molecule has 3 amide bonds. The number of ketones is 1. The first-order chi connectivity index (χ1) is 19.8. The number of hydrazine groups is 1. The molecule has 0 unspecified atom stereocenters. The molecule has 210 valence electrons. The van der Waals surface area contributed by atoms with Crippen molar-refractivity contribution in [3.05, 3.63) is 94.5 Å². The van der Waals surface area contributed by atoms with Crippen LogP contribution in [0, 0.1) is 11.8 Å². The average molecular weight is 575 g/mol. The van der Waals surface area contributed by atoms with Crippen LogP contribution in [0.15, 0.2) is 72.8 Å². The third-order valence-electron chi connectivity index (χ3n) is 7.37. The number of carbonyl (C=O) groups is 5. The zero-order valence-electron chi connectivity index (χ0n) is 22.2. The van der Waals surface area contributed by atoms with E-state index >= 15 is 0 Å². The van der Waals surface area contributed by atoms with E-state index in [1.165, 1.54) is 55.6 Å². The van der Waals surface area contributed by atoms with Gasteiger partial charge >= 0.3 is 5.97 Å². The van der Waals surface area contributed by atoms with Crippen LogP contribution < -0.4 is 9.47 Å². The number of carbonyl (C=O) groups excluding carboxylic acids is 5. The molecule has 1 aliphatic carbocycles. The Bertz CT molecular complexity index is 1480. The molecule has 2 aliphatic rings. The van der Waals surface area contributed by atoms with Crippen LogP contribution in [-0.4, -0.2) is 53.1 Å². The summed E-state index contributed by atoms with van der Waals surface area (Å²) in [7, 11) is 1.49. The fraction of sp³-hybridized carbons (Fsp3) is 0.258. The zero-order chi connectivity index (χ0) is 29.1. The van der Waals surface area contributed by atoms with Crippen LogP contribution in [0.2, 0.25) is 5.02 Å². The first kappa shape index (κ1) is 28.0. The zero-order valence-corrected chi connectivity index (χ0v) is 23.0. The SMILES string of the molecule is COc1cccc(C(=O)Oc2ccc(C(=O)CN(C(=O)c3ccc(Cl)cc3)N3C(=O)[C@H]4CCCC[C@@H]4C3=O)cc2)c1. The van der Waals surface area contributed by atoms with Crippen molar-refractivity contribution in [2.45, 2.75) is 25.7 Å². The third kappa shape index (κ3) is 5.85. The number of rotatable bonds is 8. The molecule has 3 aromatic rings. The van der Waals surface area contributed by atoms with Crippen LogP contribution in [0.25, 0.3) is 0 Å². The number of methoxy groups -OCH3 is 1. The van der Waals surface area contributed by atoms with E-state index in [4.69, 9.17) is 21.1 Å². The van der Waals surface area contributed by atoms with Gasteiger partial charge in [-0.3, -0.25) is 19.2 Å². The molecule has 9 nitrogen and oxygen atoms in total. The molecule has 1 aliphatic heterocycles. The molecule has 0 radical (unpaired) electrons. The topological polar surface area (TPSA) is 110 Å². The Morgan fingerprint density at radius 3 is 2.05 bits per heavy atom. The number of hydrogen-bond donors (Lipinski definition) is 0. The molecule has 1 heterocycles. The number of imide groups is 1. The van der Waals surface area contributed by atoms with Crippen LogP contribution in [0.1, 0.15) is 56.8 Å². The maximum absolute atomic E-state index is 13.6. The van der Waals surface area contributed by atoms with Gasteiger partial charge in [0.25, 0.3) is 17.7 Å². The number of nitrogens with zero attached hydrogens (tertiary/aromatic N) is 2. The Hall–Kier alpha value is -4.50. The molecule has 0 bridgehead atoms. The van der Waals surface area contributed by atoms with Crippen LogP contribution in [0.3, 0.4) is 0 Å². The van der Waals surface area contributed by atoms with Gasteiger partial charge in [-0.05, 0) is 79.6 Å². The second-order valence-corrected chi connectivity index (χ2v) is 10.4. The Morgan fingerprint density at radius 1 is 0.829 bits per heavy atom. The van der Waals surface area contributed by atoms with Gasteiger partial charge < -0.3 is 9.47 Å². The second-order valence-electron chi connectivity index (χ2n) is 9.92. The lowest BCUT2D eigenvalue weighted by atomic mass is 9.81. The molecule has 0 aromatic heterocycles. The van der Waals surface area contributed by atoms with E-state index in [1.807, 2.05) is 0 Å². The number of halogens is 1. The number of esters is 1. The normalized spacial score (nSPS) is 18.0. The van der Waals surface area contributed by atoms with E-state index in [0.717, 1.165) is 22.9 Å². The number of benzene rings is 3. The fourth-order valence-corrected chi connectivity index (χ4v) is 5.34. The van der Waals surface area contributed by atoms with Crippen molar-refractivity contribution in [1.82, 2.24) is 10.0 Å². The van der Waals surface area contributed by atoms with Gasteiger partial charge in [-0.2, -0.15) is 5.01 Å². The summed E-state index contributed by atoms with van der Waals surface area (Å²) in [6, 6.07) is 18.3. The third-order valence-corrected chi connectivity index (χ3v) is 7.62. The average Bonchev–Trinajstić information content (AvgIpc) is 3.25. The van der Waals surface area contributed by atoms with Gasteiger partial charge in [0.1, 0.15) is 18.0 Å². The summed E-state index contributed by atoms with van der Waals surface area (Å²) in [6.07, 6.45) is 2.79. The largest absolute Gasteiger partial charge is 0.497 e. The summed E-state index contributed by atoms with van der Waals surface area (Å²) >= 11 is 5.97. The molecule has 1 saturated heterocycles. The lowest BCUT2D eigenvalue weighted by molar-refractivity contribution is -0.154. The van der Waals surface area contributed by atoms with Crippen molar-refractivity contribution in [2.24, 2.45) is 11.8 Å². The molecular formula is C31H27ClN2O7. The van der Waals surface area contributed by atoms with E-state index in [-0.39, 0.29) is 16.9 Å². The van der Waals surface area contributed by atoms with Crippen molar-refractivity contribution in [3.63, 3.8) is 0 Å². The lowest BCUT2D eigenvalue weighted by Gasteiger charge is -2.30. The molecule has 0 spiro atoms. The van der Waals surface area contributed by atoms with Gasteiger partial charge in [0.15, 0.2) is 5.78 Å². The number of hydrogen-bond acceptors (Lipinski definition) is 7. The van der Waals surface area contributed by atoms with Crippen molar-refractivity contribution in [3.8, 4) is 11.5 Å². The van der Waals surface area contributed by atoms with Crippen molar-refractivity contribution in [1.29, 1.82) is 0 Å². The van der Waals surface area contributed by atoms with Gasteiger partial charge in [-0.25, -0.2) is 9.80 Å². The Balaban J connectivity index is 1.36. The standard InChI is InChI=1S/C31H27ClN2O7/c1-40-24-6-4-5-21(17-24)31(39)41-23-15-11-19(12-16-23)27(35)18-33(28(36)20-9-13-22(32)14-10-20)34-29(37)25-7-2-3-8-26(25)30(34)38/h4-6,9-17,25-26H,2-3,7-8,18H2,1H3/t25-,26-/m0/s1. The fourth-order valence-electron chi connectivity index (χ4n) is 5.21. The molecule has 41 heavy (non-hydrogen) atoms. The van der Waals surface area contributed by atoms with E-state index in [9.17, 15) is 24.0 Å². The van der Waals surface area contributed by atoms with Crippen molar-refractivity contribution >= 4 is 41.1 Å². The first-order valence-electron chi connectivity index (χ1n) is 13.2. The van der Waals surface area contributed by atoms with E-state index < -0.39 is 47.9 Å².